The average Bonchev–Trinajstić information content (AvgIpc) is 3.05. The Labute approximate surface area is 273 Å². The lowest BCUT2D eigenvalue weighted by Crippen LogP contribution is -2.11. The SMILES string of the molecule is C=C(C)C(=O)Oc1ccc(-c2ccc(-c3ccc(-c4ccc(OC(=O)C(=C)C)c(OC(=O)CC)c4)cc3)cc2)c(OC(=O)C(=C)C)c1. The van der Waals surface area contributed by atoms with Crippen LogP contribution in [0.3, 0.4) is 0 Å². The summed E-state index contributed by atoms with van der Waals surface area (Å²) in [6, 6.07) is 25.3. The van der Waals surface area contributed by atoms with Gasteiger partial charge in [0.1, 0.15) is 11.5 Å². The maximum Gasteiger partial charge on any atom is 0.338 e. The van der Waals surface area contributed by atoms with Crippen LogP contribution in [-0.4, -0.2) is 23.9 Å². The molecule has 0 heterocycles. The highest BCUT2D eigenvalue weighted by atomic mass is 16.6. The third kappa shape index (κ3) is 8.58. The molecule has 8 heteroatoms. The summed E-state index contributed by atoms with van der Waals surface area (Å²) < 4.78 is 21.7. The van der Waals surface area contributed by atoms with Crippen LogP contribution in [0.2, 0.25) is 0 Å². The van der Waals surface area contributed by atoms with Crippen molar-refractivity contribution in [2.45, 2.75) is 34.1 Å². The first-order valence-electron chi connectivity index (χ1n) is 14.7. The number of carbonyl (C=O) groups excluding carboxylic acids is 4. The summed E-state index contributed by atoms with van der Waals surface area (Å²) in [6.07, 6.45) is 0.155. The number of esters is 4. The minimum absolute atomic E-state index is 0.125. The monoisotopic (exact) mass is 630 g/mol. The van der Waals surface area contributed by atoms with Crippen molar-refractivity contribution < 1.29 is 38.1 Å². The molecule has 0 saturated heterocycles. The van der Waals surface area contributed by atoms with Gasteiger partial charge in [0.2, 0.25) is 0 Å². The zero-order valence-corrected chi connectivity index (χ0v) is 26.7. The maximum absolute atomic E-state index is 12.4. The van der Waals surface area contributed by atoms with Crippen molar-refractivity contribution >= 4 is 23.9 Å². The molecular formula is C39H34O8. The molecule has 4 rings (SSSR count). The smallest absolute Gasteiger partial charge is 0.338 e. The predicted octanol–water partition coefficient (Wildman–Crippen LogP) is 8.45. The van der Waals surface area contributed by atoms with E-state index in [0.29, 0.717) is 5.56 Å². The summed E-state index contributed by atoms with van der Waals surface area (Å²) in [5, 5.41) is 0. The Bertz CT molecular complexity index is 1900. The van der Waals surface area contributed by atoms with Crippen LogP contribution in [-0.2, 0) is 19.2 Å². The molecule has 0 aromatic heterocycles. The van der Waals surface area contributed by atoms with Gasteiger partial charge in [-0.1, -0.05) is 81.3 Å². The fourth-order valence-electron chi connectivity index (χ4n) is 4.20. The second-order valence-corrected chi connectivity index (χ2v) is 10.8. The van der Waals surface area contributed by atoms with Crippen molar-refractivity contribution in [3.8, 4) is 56.4 Å². The second kappa shape index (κ2) is 14.8. The molecule has 0 spiro atoms. The highest BCUT2D eigenvalue weighted by Crippen LogP contribution is 2.37. The molecule has 0 amide bonds. The quantitative estimate of drug-likeness (QED) is 0.0924. The van der Waals surface area contributed by atoms with Crippen LogP contribution in [0.4, 0.5) is 0 Å². The third-order valence-electron chi connectivity index (χ3n) is 6.82. The zero-order chi connectivity index (χ0) is 34.2. The highest BCUT2D eigenvalue weighted by molar-refractivity contribution is 5.92. The van der Waals surface area contributed by atoms with Crippen LogP contribution in [0, 0.1) is 0 Å². The third-order valence-corrected chi connectivity index (χ3v) is 6.82. The minimum Gasteiger partial charge on any atom is -0.423 e. The summed E-state index contributed by atoms with van der Waals surface area (Å²) >= 11 is 0. The molecule has 0 atom stereocenters. The number of hydrogen-bond donors (Lipinski definition) is 0. The molecule has 0 saturated carbocycles. The number of hydrogen-bond acceptors (Lipinski definition) is 8. The molecule has 47 heavy (non-hydrogen) atoms. The molecule has 0 aliphatic carbocycles. The summed E-state index contributed by atoms with van der Waals surface area (Å²) in [5.74, 6) is -1.59. The van der Waals surface area contributed by atoms with Crippen LogP contribution in [0.5, 0.6) is 23.0 Å². The van der Waals surface area contributed by atoms with Gasteiger partial charge in [-0.05, 0) is 72.9 Å². The van der Waals surface area contributed by atoms with Gasteiger partial charge in [0, 0.05) is 34.8 Å². The van der Waals surface area contributed by atoms with Gasteiger partial charge in [0.25, 0.3) is 0 Å². The van der Waals surface area contributed by atoms with Crippen LogP contribution >= 0.6 is 0 Å². The molecule has 0 radical (unpaired) electrons. The molecule has 0 unspecified atom stereocenters. The molecular weight excluding hydrogens is 596 g/mol. The number of ether oxygens (including phenoxy) is 4. The average molecular weight is 631 g/mol. The minimum atomic E-state index is -0.618. The Balaban J connectivity index is 1.60. The van der Waals surface area contributed by atoms with E-state index in [4.69, 9.17) is 18.9 Å². The fraction of sp³-hybridized carbons (Fsp3) is 0.128. The zero-order valence-electron chi connectivity index (χ0n) is 26.7. The van der Waals surface area contributed by atoms with Gasteiger partial charge in [-0.2, -0.15) is 0 Å². The van der Waals surface area contributed by atoms with E-state index in [-0.39, 0.29) is 46.1 Å². The predicted molar refractivity (Wildman–Crippen MR) is 180 cm³/mol. The summed E-state index contributed by atoms with van der Waals surface area (Å²) in [7, 11) is 0. The first kappa shape index (κ1) is 33.9. The lowest BCUT2D eigenvalue weighted by Gasteiger charge is -2.14. The first-order valence-corrected chi connectivity index (χ1v) is 14.7. The Hall–Kier alpha value is -6.02. The molecule has 4 aromatic rings. The van der Waals surface area contributed by atoms with Crippen molar-refractivity contribution in [1.82, 2.24) is 0 Å². The van der Waals surface area contributed by atoms with Gasteiger partial charge < -0.3 is 18.9 Å². The van der Waals surface area contributed by atoms with Gasteiger partial charge in [-0.25, -0.2) is 14.4 Å². The van der Waals surface area contributed by atoms with E-state index in [1.165, 1.54) is 13.0 Å². The molecule has 4 aromatic carbocycles. The molecule has 8 nitrogen and oxygen atoms in total. The highest BCUT2D eigenvalue weighted by Gasteiger charge is 2.17. The lowest BCUT2D eigenvalue weighted by atomic mass is 9.97. The molecule has 0 bridgehead atoms. The topological polar surface area (TPSA) is 105 Å². The van der Waals surface area contributed by atoms with Gasteiger partial charge in [-0.3, -0.25) is 4.79 Å². The van der Waals surface area contributed by atoms with E-state index in [2.05, 4.69) is 19.7 Å². The van der Waals surface area contributed by atoms with E-state index in [1.807, 2.05) is 48.5 Å². The van der Waals surface area contributed by atoms with Gasteiger partial charge in [-0.15, -0.1) is 0 Å². The molecule has 0 N–H and O–H groups in total. The number of benzene rings is 4. The maximum atomic E-state index is 12.4. The van der Waals surface area contributed by atoms with E-state index >= 15 is 0 Å². The Morgan fingerprint density at radius 3 is 1.45 bits per heavy atom. The fourth-order valence-corrected chi connectivity index (χ4v) is 4.20. The van der Waals surface area contributed by atoms with Gasteiger partial charge in [0.05, 0.1) is 0 Å². The van der Waals surface area contributed by atoms with Gasteiger partial charge in [0.15, 0.2) is 11.5 Å². The first-order chi connectivity index (χ1) is 22.4. The molecule has 0 fully saturated rings. The number of rotatable bonds is 11. The van der Waals surface area contributed by atoms with Crippen LogP contribution in [0.15, 0.2) is 121 Å². The van der Waals surface area contributed by atoms with Crippen LogP contribution in [0.1, 0.15) is 34.1 Å². The summed E-state index contributed by atoms with van der Waals surface area (Å²) in [4.78, 5) is 48.6. The van der Waals surface area contributed by atoms with Crippen molar-refractivity contribution in [2.75, 3.05) is 0 Å². The Morgan fingerprint density at radius 2 is 0.936 bits per heavy atom. The Kier molecular flexibility index (Phi) is 10.7. The number of carbonyl (C=O) groups is 4. The van der Waals surface area contributed by atoms with E-state index in [1.54, 1.807) is 51.1 Å². The van der Waals surface area contributed by atoms with Crippen LogP contribution in [0.25, 0.3) is 33.4 Å². The van der Waals surface area contributed by atoms with Gasteiger partial charge >= 0.3 is 23.9 Å². The molecule has 0 aliphatic heterocycles. The summed E-state index contributed by atoms with van der Waals surface area (Å²) in [6.45, 7) is 17.1. The van der Waals surface area contributed by atoms with Crippen molar-refractivity contribution in [1.29, 1.82) is 0 Å². The molecule has 238 valence electrons. The van der Waals surface area contributed by atoms with Crippen LogP contribution < -0.4 is 18.9 Å². The standard InChI is InChI=1S/C39H34O8/c1-8-36(40)45-35-21-30(17-20-33(35)46-38(42)24(4)5)28-11-9-26(10-12-28)27-13-15-29(16-14-27)32-19-18-31(44-37(41)23(2)3)22-34(32)47-39(43)25(6)7/h9-22H,2,4,6,8H2,1,3,5,7H3. The van der Waals surface area contributed by atoms with Crippen molar-refractivity contribution in [3.63, 3.8) is 0 Å². The van der Waals surface area contributed by atoms with E-state index in [9.17, 15) is 19.2 Å². The summed E-state index contributed by atoms with van der Waals surface area (Å²) in [5.41, 5.74) is 5.57. The van der Waals surface area contributed by atoms with Crippen molar-refractivity contribution in [3.05, 3.63) is 121 Å². The lowest BCUT2D eigenvalue weighted by molar-refractivity contribution is -0.135. The second-order valence-electron chi connectivity index (χ2n) is 10.8. The van der Waals surface area contributed by atoms with Crippen molar-refractivity contribution in [2.24, 2.45) is 0 Å². The largest absolute Gasteiger partial charge is 0.423 e. The normalized spacial score (nSPS) is 10.4. The molecule has 0 aliphatic rings. The van der Waals surface area contributed by atoms with E-state index in [0.717, 1.165) is 27.8 Å². The van der Waals surface area contributed by atoms with E-state index < -0.39 is 23.9 Å². The Morgan fingerprint density at radius 1 is 0.489 bits per heavy atom.